The van der Waals surface area contributed by atoms with Crippen LogP contribution in [0.4, 0.5) is 0 Å². The van der Waals surface area contributed by atoms with Crippen LogP contribution in [0.3, 0.4) is 0 Å². The van der Waals surface area contributed by atoms with E-state index in [2.05, 4.69) is 17.0 Å². The minimum Gasteiger partial charge on any atom is -0.469 e. The van der Waals surface area contributed by atoms with Crippen LogP contribution in [0.5, 0.6) is 0 Å². The SMILES string of the molecule is CCC1CCC(NC(=O)C2CC2C(=O)OC)CC1. The summed E-state index contributed by atoms with van der Waals surface area (Å²) in [4.78, 5) is 23.2. The van der Waals surface area contributed by atoms with Crippen molar-refractivity contribution in [3.63, 3.8) is 0 Å². The van der Waals surface area contributed by atoms with E-state index >= 15 is 0 Å². The molecule has 4 nitrogen and oxygen atoms in total. The van der Waals surface area contributed by atoms with Crippen LogP contribution in [-0.2, 0) is 14.3 Å². The predicted molar refractivity (Wildman–Crippen MR) is 67.8 cm³/mol. The molecular formula is C14H23NO3. The first kappa shape index (κ1) is 13.4. The van der Waals surface area contributed by atoms with E-state index < -0.39 is 0 Å². The van der Waals surface area contributed by atoms with Crippen molar-refractivity contribution >= 4 is 11.9 Å². The molecule has 2 unspecified atom stereocenters. The number of methoxy groups -OCH3 is 1. The summed E-state index contributed by atoms with van der Waals surface area (Å²) in [7, 11) is 1.38. The Morgan fingerprint density at radius 1 is 1.17 bits per heavy atom. The molecule has 0 bridgehead atoms. The van der Waals surface area contributed by atoms with Crippen LogP contribution >= 0.6 is 0 Å². The molecule has 0 spiro atoms. The highest BCUT2D eigenvalue weighted by Gasteiger charge is 2.49. The Labute approximate surface area is 108 Å². The zero-order valence-electron chi connectivity index (χ0n) is 11.3. The van der Waals surface area contributed by atoms with Crippen molar-refractivity contribution in [3.8, 4) is 0 Å². The second kappa shape index (κ2) is 5.72. The van der Waals surface area contributed by atoms with Crippen molar-refractivity contribution in [2.75, 3.05) is 7.11 Å². The number of esters is 1. The summed E-state index contributed by atoms with van der Waals surface area (Å²) in [6.07, 6.45) is 6.50. The minimum absolute atomic E-state index is 0.0466. The molecule has 0 aromatic rings. The maximum Gasteiger partial charge on any atom is 0.309 e. The van der Waals surface area contributed by atoms with Crippen LogP contribution in [0.15, 0.2) is 0 Å². The monoisotopic (exact) mass is 253 g/mol. The molecule has 2 saturated carbocycles. The smallest absolute Gasteiger partial charge is 0.309 e. The average Bonchev–Trinajstić information content (AvgIpc) is 3.19. The Bertz CT molecular complexity index is 321. The first-order chi connectivity index (χ1) is 8.65. The molecule has 0 saturated heterocycles. The van der Waals surface area contributed by atoms with Gasteiger partial charge in [0.25, 0.3) is 0 Å². The van der Waals surface area contributed by atoms with E-state index in [1.165, 1.54) is 26.4 Å². The van der Waals surface area contributed by atoms with Crippen LogP contribution in [0.2, 0.25) is 0 Å². The topological polar surface area (TPSA) is 55.4 Å². The van der Waals surface area contributed by atoms with E-state index in [4.69, 9.17) is 0 Å². The summed E-state index contributed by atoms with van der Waals surface area (Å²) in [6, 6.07) is 0.319. The number of rotatable bonds is 4. The number of hydrogen-bond acceptors (Lipinski definition) is 3. The molecule has 0 aromatic heterocycles. The molecule has 4 heteroatoms. The average molecular weight is 253 g/mol. The first-order valence-electron chi connectivity index (χ1n) is 7.03. The van der Waals surface area contributed by atoms with Crippen molar-refractivity contribution in [3.05, 3.63) is 0 Å². The Kier molecular flexibility index (Phi) is 4.25. The minimum atomic E-state index is -0.246. The van der Waals surface area contributed by atoms with Crippen molar-refractivity contribution in [2.24, 2.45) is 17.8 Å². The van der Waals surface area contributed by atoms with Gasteiger partial charge in [-0.05, 0) is 38.0 Å². The Hall–Kier alpha value is -1.06. The predicted octanol–water partition coefficient (Wildman–Crippen LogP) is 1.88. The highest BCUT2D eigenvalue weighted by atomic mass is 16.5. The van der Waals surface area contributed by atoms with Gasteiger partial charge in [-0.15, -0.1) is 0 Å². The largest absolute Gasteiger partial charge is 0.469 e. The van der Waals surface area contributed by atoms with Gasteiger partial charge in [0.1, 0.15) is 0 Å². The van der Waals surface area contributed by atoms with Crippen molar-refractivity contribution in [2.45, 2.75) is 51.5 Å². The number of ether oxygens (including phenoxy) is 1. The molecule has 2 aliphatic rings. The van der Waals surface area contributed by atoms with Crippen LogP contribution in [0, 0.1) is 17.8 Å². The van der Waals surface area contributed by atoms with E-state index in [1.54, 1.807) is 0 Å². The zero-order valence-corrected chi connectivity index (χ0v) is 11.3. The van der Waals surface area contributed by atoms with Crippen molar-refractivity contribution in [1.29, 1.82) is 0 Å². The van der Waals surface area contributed by atoms with E-state index in [-0.39, 0.29) is 23.7 Å². The second-order valence-electron chi connectivity index (χ2n) is 5.61. The van der Waals surface area contributed by atoms with Crippen LogP contribution < -0.4 is 5.32 Å². The third-order valence-electron chi connectivity index (χ3n) is 4.40. The molecule has 2 fully saturated rings. The zero-order chi connectivity index (χ0) is 13.1. The second-order valence-corrected chi connectivity index (χ2v) is 5.61. The maximum atomic E-state index is 11.9. The van der Waals surface area contributed by atoms with Gasteiger partial charge in [-0.1, -0.05) is 13.3 Å². The number of carbonyl (C=O) groups is 2. The van der Waals surface area contributed by atoms with Gasteiger partial charge in [-0.25, -0.2) is 0 Å². The van der Waals surface area contributed by atoms with Crippen LogP contribution in [0.25, 0.3) is 0 Å². The van der Waals surface area contributed by atoms with Gasteiger partial charge in [0.05, 0.1) is 18.9 Å². The Balaban J connectivity index is 1.72. The summed E-state index contributed by atoms with van der Waals surface area (Å²) in [5.74, 6) is 0.306. The van der Waals surface area contributed by atoms with E-state index in [9.17, 15) is 9.59 Å². The van der Waals surface area contributed by atoms with Gasteiger partial charge in [0, 0.05) is 6.04 Å². The molecular weight excluding hydrogens is 230 g/mol. The summed E-state index contributed by atoms with van der Waals surface area (Å²) in [5, 5.41) is 3.09. The lowest BCUT2D eigenvalue weighted by Gasteiger charge is -2.28. The molecule has 2 aliphatic carbocycles. The first-order valence-corrected chi connectivity index (χ1v) is 7.03. The lowest BCUT2D eigenvalue weighted by Crippen LogP contribution is -2.39. The molecule has 0 aromatic carbocycles. The highest BCUT2D eigenvalue weighted by molar-refractivity contribution is 5.90. The number of hydrogen-bond donors (Lipinski definition) is 1. The van der Waals surface area contributed by atoms with Crippen LogP contribution in [0.1, 0.15) is 45.4 Å². The molecule has 0 aliphatic heterocycles. The van der Waals surface area contributed by atoms with Gasteiger partial charge in [-0.3, -0.25) is 9.59 Å². The standard InChI is InChI=1S/C14H23NO3/c1-3-9-4-6-10(7-5-9)15-13(16)11-8-12(11)14(17)18-2/h9-12H,3-8H2,1-2H3,(H,15,16). The van der Waals surface area contributed by atoms with Crippen molar-refractivity contribution < 1.29 is 14.3 Å². The van der Waals surface area contributed by atoms with E-state index in [1.807, 2.05) is 0 Å². The van der Waals surface area contributed by atoms with Crippen molar-refractivity contribution in [1.82, 2.24) is 5.32 Å². The Morgan fingerprint density at radius 3 is 2.39 bits per heavy atom. The molecule has 1 amide bonds. The quantitative estimate of drug-likeness (QED) is 0.778. The van der Waals surface area contributed by atoms with E-state index in [0.717, 1.165) is 18.8 Å². The molecule has 18 heavy (non-hydrogen) atoms. The summed E-state index contributed by atoms with van der Waals surface area (Å²) >= 11 is 0. The lowest BCUT2D eigenvalue weighted by molar-refractivity contribution is -0.143. The summed E-state index contributed by atoms with van der Waals surface area (Å²) in [6.45, 7) is 2.23. The van der Waals surface area contributed by atoms with Gasteiger partial charge < -0.3 is 10.1 Å². The fourth-order valence-electron chi connectivity index (χ4n) is 2.92. The fourth-order valence-corrected chi connectivity index (χ4v) is 2.92. The molecule has 0 heterocycles. The molecule has 2 rings (SSSR count). The Morgan fingerprint density at radius 2 is 1.83 bits per heavy atom. The summed E-state index contributed by atoms with van der Waals surface area (Å²) < 4.78 is 4.65. The molecule has 102 valence electrons. The highest BCUT2D eigenvalue weighted by Crippen LogP contribution is 2.40. The van der Waals surface area contributed by atoms with Gasteiger partial charge in [-0.2, -0.15) is 0 Å². The van der Waals surface area contributed by atoms with Gasteiger partial charge in [0.15, 0.2) is 0 Å². The molecule has 1 N–H and O–H groups in total. The van der Waals surface area contributed by atoms with Gasteiger partial charge in [0.2, 0.25) is 5.91 Å². The third-order valence-corrected chi connectivity index (χ3v) is 4.40. The number of carbonyl (C=O) groups excluding carboxylic acids is 2. The molecule has 2 atom stereocenters. The number of amides is 1. The maximum absolute atomic E-state index is 11.9. The van der Waals surface area contributed by atoms with E-state index in [0.29, 0.717) is 12.5 Å². The fraction of sp³-hybridized carbons (Fsp3) is 0.857. The normalized spacial score (nSPS) is 34.8. The number of nitrogens with one attached hydrogen (secondary N) is 1. The van der Waals surface area contributed by atoms with Crippen LogP contribution in [-0.4, -0.2) is 25.0 Å². The summed E-state index contributed by atoms with van der Waals surface area (Å²) in [5.41, 5.74) is 0. The lowest BCUT2D eigenvalue weighted by atomic mass is 9.84. The third kappa shape index (κ3) is 3.03. The van der Waals surface area contributed by atoms with Gasteiger partial charge >= 0.3 is 5.97 Å². The molecule has 0 radical (unpaired) electrons.